The summed E-state index contributed by atoms with van der Waals surface area (Å²) in [4.78, 5) is 28.8. The number of nitrogens with zero attached hydrogens (tertiary/aromatic N) is 2. The van der Waals surface area contributed by atoms with Crippen LogP contribution in [-0.2, 0) is 20.7 Å². The van der Waals surface area contributed by atoms with Gasteiger partial charge in [-0.1, -0.05) is 11.8 Å². The molecule has 0 bridgehead atoms. The van der Waals surface area contributed by atoms with Crippen LogP contribution in [-0.4, -0.2) is 57.9 Å². The number of amides is 1. The Balaban J connectivity index is 1.83. The second kappa shape index (κ2) is 7.24. The molecule has 1 aliphatic heterocycles. The van der Waals surface area contributed by atoms with Crippen LogP contribution in [0.4, 0.5) is 0 Å². The third-order valence-electron chi connectivity index (χ3n) is 2.95. The molecule has 116 valence electrons. The average Bonchev–Trinajstić information content (AvgIpc) is 2.81. The van der Waals surface area contributed by atoms with Crippen molar-refractivity contribution in [2.45, 2.75) is 36.8 Å². The quantitative estimate of drug-likeness (QED) is 0.824. The molecule has 1 fully saturated rings. The van der Waals surface area contributed by atoms with Crippen molar-refractivity contribution in [3.05, 3.63) is 11.1 Å². The van der Waals surface area contributed by atoms with E-state index in [1.54, 1.807) is 5.38 Å². The molecular weight excluding hydrogens is 312 g/mol. The summed E-state index contributed by atoms with van der Waals surface area (Å²) in [5.41, 5.74) is 0.538. The van der Waals surface area contributed by atoms with Crippen molar-refractivity contribution >= 4 is 35.0 Å². The minimum atomic E-state index is -0.899. The highest BCUT2D eigenvalue weighted by molar-refractivity contribution is 8.01. The molecule has 0 saturated carbocycles. The number of hydrogen-bond donors (Lipinski definition) is 1. The summed E-state index contributed by atoms with van der Waals surface area (Å²) in [6.45, 7) is 5.15. The maximum atomic E-state index is 12.2. The molecule has 21 heavy (non-hydrogen) atoms. The number of thioether (sulfide) groups is 1. The monoisotopic (exact) mass is 330 g/mol. The van der Waals surface area contributed by atoms with Crippen LogP contribution < -0.4 is 0 Å². The predicted molar refractivity (Wildman–Crippen MR) is 80.8 cm³/mol. The van der Waals surface area contributed by atoms with Crippen molar-refractivity contribution in [3.63, 3.8) is 0 Å². The summed E-state index contributed by atoms with van der Waals surface area (Å²) in [7, 11) is 0. The lowest BCUT2D eigenvalue weighted by atomic mass is 10.2. The smallest absolute Gasteiger partial charge is 0.309 e. The van der Waals surface area contributed by atoms with Gasteiger partial charge in [0.05, 0.1) is 30.1 Å². The van der Waals surface area contributed by atoms with Gasteiger partial charge in [-0.05, 0) is 13.8 Å². The highest BCUT2D eigenvalue weighted by Crippen LogP contribution is 2.24. The first-order valence-electron chi connectivity index (χ1n) is 6.66. The van der Waals surface area contributed by atoms with Gasteiger partial charge in [0.25, 0.3) is 0 Å². The summed E-state index contributed by atoms with van der Waals surface area (Å²) in [6, 6.07) is 0. The van der Waals surface area contributed by atoms with Crippen LogP contribution in [0.2, 0.25) is 0 Å². The maximum Gasteiger partial charge on any atom is 0.309 e. The molecule has 6 nitrogen and oxygen atoms in total. The van der Waals surface area contributed by atoms with Crippen molar-refractivity contribution in [1.29, 1.82) is 0 Å². The molecular formula is C13H18N2O4S2. The van der Waals surface area contributed by atoms with Crippen molar-refractivity contribution in [2.75, 3.05) is 18.8 Å². The Morgan fingerprint density at radius 1 is 1.48 bits per heavy atom. The molecule has 1 saturated heterocycles. The Morgan fingerprint density at radius 3 is 2.76 bits per heavy atom. The second-order valence-corrected chi connectivity index (χ2v) is 7.10. The van der Waals surface area contributed by atoms with Crippen molar-refractivity contribution in [1.82, 2.24) is 9.88 Å². The number of carboxylic acid groups (broad SMARTS) is 1. The molecule has 2 heterocycles. The van der Waals surface area contributed by atoms with E-state index in [2.05, 4.69) is 4.98 Å². The normalized spacial score (nSPS) is 22.3. The van der Waals surface area contributed by atoms with Gasteiger partial charge in [-0.25, -0.2) is 4.98 Å². The summed E-state index contributed by atoms with van der Waals surface area (Å²) in [5.74, 6) is -0.513. The van der Waals surface area contributed by atoms with Crippen LogP contribution >= 0.6 is 23.1 Å². The van der Waals surface area contributed by atoms with Gasteiger partial charge in [0.2, 0.25) is 5.91 Å². The van der Waals surface area contributed by atoms with Gasteiger partial charge in [0, 0.05) is 18.5 Å². The zero-order valence-corrected chi connectivity index (χ0v) is 13.6. The van der Waals surface area contributed by atoms with E-state index in [0.29, 0.717) is 24.5 Å². The van der Waals surface area contributed by atoms with Crippen LogP contribution in [0.1, 0.15) is 19.5 Å². The summed E-state index contributed by atoms with van der Waals surface area (Å²) in [6.07, 6.45) is 0.0400. The number of carboxylic acids is 1. The molecule has 1 aromatic heterocycles. The third-order valence-corrected chi connectivity index (χ3v) is 5.01. The fourth-order valence-electron chi connectivity index (χ4n) is 2.19. The highest BCUT2D eigenvalue weighted by atomic mass is 32.2. The van der Waals surface area contributed by atoms with Gasteiger partial charge in [-0.2, -0.15) is 0 Å². The molecule has 2 rings (SSSR count). The van der Waals surface area contributed by atoms with Crippen molar-refractivity contribution < 1.29 is 19.4 Å². The SMILES string of the molecule is CC1CN(C(=O)CSc2nc(CC(=O)O)cs2)CC(C)O1. The van der Waals surface area contributed by atoms with Crippen LogP contribution in [0.15, 0.2) is 9.72 Å². The van der Waals surface area contributed by atoms with Crippen molar-refractivity contribution in [3.8, 4) is 0 Å². The fraction of sp³-hybridized carbons (Fsp3) is 0.615. The van der Waals surface area contributed by atoms with E-state index in [9.17, 15) is 9.59 Å². The molecule has 1 aliphatic rings. The van der Waals surface area contributed by atoms with Crippen LogP contribution in [0, 0.1) is 0 Å². The van der Waals surface area contributed by atoms with Gasteiger partial charge in [-0.3, -0.25) is 9.59 Å². The van der Waals surface area contributed by atoms with E-state index in [1.165, 1.54) is 23.1 Å². The van der Waals surface area contributed by atoms with E-state index < -0.39 is 5.97 Å². The van der Waals surface area contributed by atoms with Gasteiger partial charge in [0.15, 0.2) is 4.34 Å². The van der Waals surface area contributed by atoms with E-state index in [1.807, 2.05) is 18.7 Å². The first-order chi connectivity index (χ1) is 9.94. The largest absolute Gasteiger partial charge is 0.481 e. The van der Waals surface area contributed by atoms with Crippen LogP contribution in [0.5, 0.6) is 0 Å². The first-order valence-corrected chi connectivity index (χ1v) is 8.52. The van der Waals surface area contributed by atoms with E-state index in [-0.39, 0.29) is 24.5 Å². The number of carbonyl (C=O) groups excluding carboxylic acids is 1. The zero-order chi connectivity index (χ0) is 15.4. The molecule has 1 amide bonds. The lowest BCUT2D eigenvalue weighted by molar-refractivity contribution is -0.140. The van der Waals surface area contributed by atoms with Gasteiger partial charge >= 0.3 is 5.97 Å². The summed E-state index contributed by atoms with van der Waals surface area (Å²) >= 11 is 2.73. The summed E-state index contributed by atoms with van der Waals surface area (Å²) < 4.78 is 6.33. The molecule has 0 spiro atoms. The lowest BCUT2D eigenvalue weighted by Crippen LogP contribution is -2.48. The fourth-order valence-corrected chi connectivity index (χ4v) is 3.93. The van der Waals surface area contributed by atoms with E-state index >= 15 is 0 Å². The van der Waals surface area contributed by atoms with Gasteiger partial charge in [0.1, 0.15) is 0 Å². The first kappa shape index (κ1) is 16.3. The number of morpholine rings is 1. The second-order valence-electron chi connectivity index (χ2n) is 5.02. The minimum Gasteiger partial charge on any atom is -0.481 e. The lowest BCUT2D eigenvalue weighted by Gasteiger charge is -2.35. The topological polar surface area (TPSA) is 79.7 Å². The molecule has 1 N–H and O–H groups in total. The molecule has 0 aromatic carbocycles. The number of ether oxygens (including phenoxy) is 1. The number of aliphatic carboxylic acids is 1. The Hall–Kier alpha value is -1.12. The predicted octanol–water partition coefficient (Wildman–Crippen LogP) is 1.50. The number of hydrogen-bond acceptors (Lipinski definition) is 6. The molecule has 2 unspecified atom stereocenters. The van der Waals surface area contributed by atoms with Crippen LogP contribution in [0.25, 0.3) is 0 Å². The minimum absolute atomic E-state index is 0.0599. The number of rotatable bonds is 5. The standard InChI is InChI=1S/C13H18N2O4S2/c1-8-4-15(5-9(2)19-8)11(16)7-21-13-14-10(6-20-13)3-12(17)18/h6,8-9H,3-5,7H2,1-2H3,(H,17,18). The molecule has 0 radical (unpaired) electrons. The number of carbonyl (C=O) groups is 2. The average molecular weight is 330 g/mol. The number of thiazole rings is 1. The summed E-state index contributed by atoms with van der Waals surface area (Å²) in [5, 5.41) is 10.4. The Morgan fingerprint density at radius 2 is 2.14 bits per heavy atom. The highest BCUT2D eigenvalue weighted by Gasteiger charge is 2.25. The Kier molecular flexibility index (Phi) is 5.60. The maximum absolute atomic E-state index is 12.2. The van der Waals surface area contributed by atoms with E-state index in [0.717, 1.165) is 4.34 Å². The third kappa shape index (κ3) is 4.98. The number of aromatic nitrogens is 1. The van der Waals surface area contributed by atoms with Crippen molar-refractivity contribution in [2.24, 2.45) is 0 Å². The van der Waals surface area contributed by atoms with Crippen LogP contribution in [0.3, 0.4) is 0 Å². The van der Waals surface area contributed by atoms with Gasteiger partial charge < -0.3 is 14.7 Å². The zero-order valence-electron chi connectivity index (χ0n) is 11.9. The van der Waals surface area contributed by atoms with E-state index in [4.69, 9.17) is 9.84 Å². The molecule has 0 aliphatic carbocycles. The molecule has 1 aromatic rings. The molecule has 2 atom stereocenters. The Bertz CT molecular complexity index is 510. The molecule has 8 heteroatoms. The Labute approximate surface area is 131 Å². The van der Waals surface area contributed by atoms with Gasteiger partial charge in [-0.15, -0.1) is 11.3 Å².